The molecular weight excluding hydrogens is 369 g/mol. The Bertz CT molecular complexity index is 992. The number of aromatic nitrogens is 4. The SMILES string of the molecule is C[C@@H](CCc1nc2c([nH]c[n+]2C)c(=O)n1-c1ccc(Cl)cc1)C(F)(F)F. The summed E-state index contributed by atoms with van der Waals surface area (Å²) in [5, 5.41) is 0.495. The zero-order valence-electron chi connectivity index (χ0n) is 14.1. The van der Waals surface area contributed by atoms with Crippen molar-refractivity contribution in [2.75, 3.05) is 0 Å². The third-order valence-corrected chi connectivity index (χ3v) is 4.57. The Morgan fingerprint density at radius 3 is 2.58 bits per heavy atom. The maximum Gasteiger partial charge on any atom is 0.391 e. The zero-order valence-corrected chi connectivity index (χ0v) is 14.9. The number of H-pyrrole nitrogens is 1. The van der Waals surface area contributed by atoms with Crippen molar-refractivity contribution in [2.45, 2.75) is 25.9 Å². The van der Waals surface area contributed by atoms with E-state index in [1.54, 1.807) is 42.2 Å². The summed E-state index contributed by atoms with van der Waals surface area (Å²) in [6, 6.07) is 6.50. The van der Waals surface area contributed by atoms with Crippen molar-refractivity contribution in [3.63, 3.8) is 0 Å². The van der Waals surface area contributed by atoms with Crippen LogP contribution in [-0.4, -0.2) is 20.7 Å². The third-order valence-electron chi connectivity index (χ3n) is 4.31. The minimum Gasteiger partial charge on any atom is -0.269 e. The fraction of sp³-hybridized carbons (Fsp3) is 0.353. The minimum absolute atomic E-state index is 0.0136. The van der Waals surface area contributed by atoms with Gasteiger partial charge in [-0.2, -0.15) is 13.2 Å². The fourth-order valence-corrected chi connectivity index (χ4v) is 2.82. The van der Waals surface area contributed by atoms with Gasteiger partial charge in [-0.15, -0.1) is 0 Å². The number of hydrogen-bond donors (Lipinski definition) is 1. The summed E-state index contributed by atoms with van der Waals surface area (Å²) in [4.78, 5) is 20.2. The van der Waals surface area contributed by atoms with Crippen molar-refractivity contribution in [3.05, 3.63) is 51.8 Å². The molecule has 0 aliphatic carbocycles. The van der Waals surface area contributed by atoms with Gasteiger partial charge in [0.15, 0.2) is 12.2 Å². The highest BCUT2D eigenvalue weighted by Gasteiger charge is 2.36. The summed E-state index contributed by atoms with van der Waals surface area (Å²) in [6.45, 7) is 1.12. The Balaban J connectivity index is 2.12. The Morgan fingerprint density at radius 1 is 1.31 bits per heavy atom. The molecule has 0 aliphatic heterocycles. The quantitative estimate of drug-likeness (QED) is 0.700. The maximum atomic E-state index is 12.9. The van der Waals surface area contributed by atoms with E-state index in [2.05, 4.69) is 9.97 Å². The monoisotopic (exact) mass is 385 g/mol. The molecule has 0 radical (unpaired) electrons. The molecule has 2 aromatic heterocycles. The molecule has 0 spiro atoms. The van der Waals surface area contributed by atoms with E-state index in [-0.39, 0.29) is 29.7 Å². The van der Waals surface area contributed by atoms with E-state index >= 15 is 0 Å². The summed E-state index contributed by atoms with van der Waals surface area (Å²) in [6.07, 6.45) is -2.86. The van der Waals surface area contributed by atoms with E-state index in [9.17, 15) is 18.0 Å². The van der Waals surface area contributed by atoms with Gasteiger partial charge in [-0.3, -0.25) is 9.78 Å². The Morgan fingerprint density at radius 2 is 1.96 bits per heavy atom. The van der Waals surface area contributed by atoms with Gasteiger partial charge in [-0.05, 0) is 30.7 Å². The molecule has 0 amide bonds. The topological polar surface area (TPSA) is 54.6 Å². The van der Waals surface area contributed by atoms with Crippen LogP contribution in [0.1, 0.15) is 19.2 Å². The lowest BCUT2D eigenvalue weighted by Gasteiger charge is -2.15. The summed E-state index contributed by atoms with van der Waals surface area (Å²) < 4.78 is 41.5. The normalized spacial score (nSPS) is 13.3. The van der Waals surface area contributed by atoms with E-state index in [1.807, 2.05) is 0 Å². The van der Waals surface area contributed by atoms with Crippen LogP contribution < -0.4 is 10.1 Å². The highest BCUT2D eigenvalue weighted by atomic mass is 35.5. The number of aryl methyl sites for hydroxylation is 2. The van der Waals surface area contributed by atoms with Gasteiger partial charge in [0.05, 0.1) is 18.7 Å². The molecule has 0 saturated carbocycles. The number of nitrogens with zero attached hydrogens (tertiary/aromatic N) is 3. The van der Waals surface area contributed by atoms with Crippen LogP contribution in [0.25, 0.3) is 16.9 Å². The number of aromatic amines is 1. The third kappa shape index (κ3) is 3.46. The summed E-state index contributed by atoms with van der Waals surface area (Å²) >= 11 is 5.89. The van der Waals surface area contributed by atoms with Crippen LogP contribution in [0.5, 0.6) is 0 Å². The van der Waals surface area contributed by atoms with Crippen molar-refractivity contribution in [3.8, 4) is 5.69 Å². The molecular formula is C17H17ClF3N4O+. The van der Waals surface area contributed by atoms with Crippen LogP contribution in [-0.2, 0) is 13.5 Å². The molecule has 0 unspecified atom stereocenters. The molecule has 0 saturated heterocycles. The number of hydrogen-bond acceptors (Lipinski definition) is 2. The van der Waals surface area contributed by atoms with E-state index < -0.39 is 12.1 Å². The van der Waals surface area contributed by atoms with Crippen LogP contribution in [0.2, 0.25) is 5.02 Å². The van der Waals surface area contributed by atoms with Gasteiger partial charge in [0, 0.05) is 11.4 Å². The number of fused-ring (bicyclic) bond motifs is 1. The van der Waals surface area contributed by atoms with Gasteiger partial charge in [0.1, 0.15) is 0 Å². The van der Waals surface area contributed by atoms with E-state index in [0.717, 1.165) is 6.92 Å². The zero-order chi connectivity index (χ0) is 19.1. The number of halogens is 4. The van der Waals surface area contributed by atoms with Gasteiger partial charge in [0.25, 0.3) is 0 Å². The molecule has 9 heteroatoms. The van der Waals surface area contributed by atoms with Gasteiger partial charge in [0.2, 0.25) is 5.52 Å². The second-order valence-electron chi connectivity index (χ2n) is 6.21. The predicted molar refractivity (Wildman–Crippen MR) is 91.4 cm³/mol. The first kappa shape index (κ1) is 18.4. The molecule has 26 heavy (non-hydrogen) atoms. The van der Waals surface area contributed by atoms with Crippen molar-refractivity contribution in [2.24, 2.45) is 13.0 Å². The van der Waals surface area contributed by atoms with Crippen molar-refractivity contribution < 1.29 is 17.7 Å². The number of benzene rings is 1. The lowest BCUT2D eigenvalue weighted by Crippen LogP contribution is -2.31. The van der Waals surface area contributed by atoms with Crippen LogP contribution in [0, 0.1) is 5.92 Å². The van der Waals surface area contributed by atoms with Crippen LogP contribution in [0.15, 0.2) is 35.4 Å². The van der Waals surface area contributed by atoms with Gasteiger partial charge < -0.3 is 0 Å². The van der Waals surface area contributed by atoms with Gasteiger partial charge in [-0.25, -0.2) is 9.13 Å². The molecule has 138 valence electrons. The molecule has 1 N–H and O–H groups in total. The number of rotatable bonds is 4. The molecule has 1 aromatic carbocycles. The second kappa shape index (κ2) is 6.75. The first-order valence-corrected chi connectivity index (χ1v) is 8.37. The molecule has 3 rings (SSSR count). The number of nitrogens with one attached hydrogen (secondary N) is 1. The molecule has 3 aromatic rings. The number of alkyl halides is 3. The van der Waals surface area contributed by atoms with Gasteiger partial charge in [-0.1, -0.05) is 23.5 Å². The summed E-state index contributed by atoms with van der Waals surface area (Å²) in [7, 11) is 1.71. The van der Waals surface area contributed by atoms with E-state index in [4.69, 9.17) is 11.6 Å². The maximum absolute atomic E-state index is 12.9. The lowest BCUT2D eigenvalue weighted by molar-refractivity contribution is -0.646. The average molecular weight is 386 g/mol. The number of imidazole rings is 1. The van der Waals surface area contributed by atoms with Crippen molar-refractivity contribution >= 4 is 22.8 Å². The Kier molecular flexibility index (Phi) is 4.79. The first-order valence-electron chi connectivity index (χ1n) is 7.99. The molecule has 0 bridgehead atoms. The van der Waals surface area contributed by atoms with E-state index in [0.29, 0.717) is 16.4 Å². The molecule has 1 atom stereocenters. The molecule has 5 nitrogen and oxygen atoms in total. The van der Waals surface area contributed by atoms with Crippen LogP contribution in [0.4, 0.5) is 13.2 Å². The Labute approximate surface area is 152 Å². The fourth-order valence-electron chi connectivity index (χ4n) is 2.69. The standard InChI is InChI=1S/C17H16ClF3N4O/c1-10(17(19,20)21)3-8-13-23-15-14(22-9-24(15)2)16(26)25(13)12-6-4-11(18)5-7-12/h4-7,9-10H,3,8H2,1-2H3/p+1/t10-/m0/s1. The first-order chi connectivity index (χ1) is 12.2. The molecule has 0 fully saturated rings. The summed E-state index contributed by atoms with van der Waals surface area (Å²) in [5.41, 5.74) is 0.818. The Hall–Kier alpha value is -2.35. The van der Waals surface area contributed by atoms with Crippen molar-refractivity contribution in [1.29, 1.82) is 0 Å². The average Bonchev–Trinajstić information content (AvgIpc) is 2.94. The summed E-state index contributed by atoms with van der Waals surface area (Å²) in [5.74, 6) is -1.22. The highest BCUT2D eigenvalue weighted by molar-refractivity contribution is 6.30. The van der Waals surface area contributed by atoms with E-state index in [1.165, 1.54) is 4.57 Å². The van der Waals surface area contributed by atoms with Crippen LogP contribution >= 0.6 is 11.6 Å². The lowest BCUT2D eigenvalue weighted by atomic mass is 10.0. The largest absolute Gasteiger partial charge is 0.391 e. The van der Waals surface area contributed by atoms with Crippen molar-refractivity contribution in [1.82, 2.24) is 14.5 Å². The smallest absolute Gasteiger partial charge is 0.269 e. The van der Waals surface area contributed by atoms with Gasteiger partial charge >= 0.3 is 17.4 Å². The predicted octanol–water partition coefficient (Wildman–Crippen LogP) is 3.32. The highest BCUT2D eigenvalue weighted by Crippen LogP contribution is 2.29. The minimum atomic E-state index is -4.28. The molecule has 0 aliphatic rings. The second-order valence-corrected chi connectivity index (χ2v) is 6.65. The molecule has 2 heterocycles. The van der Waals surface area contributed by atoms with Crippen LogP contribution in [0.3, 0.4) is 0 Å².